The molecular formula is C7H6F3N3O. The van der Waals surface area contributed by atoms with Crippen LogP contribution in [0.3, 0.4) is 0 Å². The maximum Gasteiger partial charge on any atom is 0.434 e. The second-order valence-electron chi connectivity index (χ2n) is 2.45. The van der Waals surface area contributed by atoms with Gasteiger partial charge >= 0.3 is 6.18 Å². The standard InChI is InChI=1S/C7H6F3N3O/c1-4-6(12-3-14)13-5(2-11-4)7(8,9)10/h2-3H,1H3,(H,12,13,14). The number of carbonyl (C=O) groups excluding carboxylic acids is 1. The number of halogens is 3. The first-order valence-electron chi connectivity index (χ1n) is 3.56. The molecule has 0 aliphatic heterocycles. The summed E-state index contributed by atoms with van der Waals surface area (Å²) in [5.41, 5.74) is -0.905. The number of nitrogens with one attached hydrogen (secondary N) is 1. The molecule has 1 aromatic heterocycles. The summed E-state index contributed by atoms with van der Waals surface area (Å²) in [5.74, 6) is -0.185. The summed E-state index contributed by atoms with van der Waals surface area (Å²) >= 11 is 0. The van der Waals surface area contributed by atoms with Crippen LogP contribution in [0.1, 0.15) is 11.4 Å². The van der Waals surface area contributed by atoms with Crippen LogP contribution >= 0.6 is 0 Å². The Balaban J connectivity index is 3.12. The molecule has 0 radical (unpaired) electrons. The molecule has 0 spiro atoms. The van der Waals surface area contributed by atoms with Gasteiger partial charge in [-0.15, -0.1) is 0 Å². The molecule has 0 saturated heterocycles. The number of aromatic nitrogens is 2. The summed E-state index contributed by atoms with van der Waals surface area (Å²) in [7, 11) is 0. The lowest BCUT2D eigenvalue weighted by Gasteiger charge is -2.07. The summed E-state index contributed by atoms with van der Waals surface area (Å²) in [5, 5.41) is 2.03. The molecule has 7 heteroatoms. The largest absolute Gasteiger partial charge is 0.434 e. The molecule has 1 N–H and O–H groups in total. The van der Waals surface area contributed by atoms with Crippen molar-refractivity contribution < 1.29 is 18.0 Å². The molecule has 0 atom stereocenters. The van der Waals surface area contributed by atoms with Crippen LogP contribution < -0.4 is 5.32 Å². The highest BCUT2D eigenvalue weighted by Crippen LogP contribution is 2.28. The van der Waals surface area contributed by atoms with Crippen molar-refractivity contribution in [1.82, 2.24) is 9.97 Å². The third-order valence-electron chi connectivity index (χ3n) is 1.44. The van der Waals surface area contributed by atoms with Crippen molar-refractivity contribution in [3.8, 4) is 0 Å². The van der Waals surface area contributed by atoms with Crippen molar-refractivity contribution >= 4 is 12.2 Å². The summed E-state index contributed by atoms with van der Waals surface area (Å²) in [6.45, 7) is 1.44. The Morgan fingerprint density at radius 2 is 2.14 bits per heavy atom. The number of aryl methyl sites for hydroxylation is 1. The van der Waals surface area contributed by atoms with E-state index in [1.54, 1.807) is 0 Å². The van der Waals surface area contributed by atoms with Crippen LogP contribution in [0.2, 0.25) is 0 Å². The van der Waals surface area contributed by atoms with E-state index in [0.717, 1.165) is 0 Å². The van der Waals surface area contributed by atoms with E-state index in [1.807, 2.05) is 5.32 Å². The van der Waals surface area contributed by atoms with Crippen molar-refractivity contribution in [2.75, 3.05) is 5.32 Å². The fourth-order valence-corrected chi connectivity index (χ4v) is 0.778. The molecule has 76 valence electrons. The minimum atomic E-state index is -4.56. The van der Waals surface area contributed by atoms with E-state index in [9.17, 15) is 18.0 Å². The molecule has 4 nitrogen and oxygen atoms in total. The van der Waals surface area contributed by atoms with Gasteiger partial charge in [0.05, 0.1) is 11.9 Å². The molecule has 0 saturated carbocycles. The maximum atomic E-state index is 12.1. The molecule has 1 heterocycles. The highest BCUT2D eigenvalue weighted by Gasteiger charge is 2.33. The Morgan fingerprint density at radius 3 is 2.64 bits per heavy atom. The minimum absolute atomic E-state index is 0.185. The normalized spacial score (nSPS) is 11.1. The van der Waals surface area contributed by atoms with E-state index in [4.69, 9.17) is 0 Å². The Kier molecular flexibility index (Phi) is 2.68. The van der Waals surface area contributed by atoms with Crippen molar-refractivity contribution in [2.45, 2.75) is 13.1 Å². The molecule has 0 unspecified atom stereocenters. The predicted octanol–water partition coefficient (Wildman–Crippen LogP) is 1.37. The Hall–Kier alpha value is -1.66. The molecule has 0 bridgehead atoms. The smallest absolute Gasteiger partial charge is 0.312 e. The minimum Gasteiger partial charge on any atom is -0.312 e. The summed E-state index contributed by atoms with van der Waals surface area (Å²) in [6, 6.07) is 0. The second-order valence-corrected chi connectivity index (χ2v) is 2.45. The maximum absolute atomic E-state index is 12.1. The number of amides is 1. The average Bonchev–Trinajstić information content (AvgIpc) is 2.07. The van der Waals surface area contributed by atoms with Crippen molar-refractivity contribution in [3.63, 3.8) is 0 Å². The molecule has 0 aliphatic carbocycles. The number of alkyl halides is 3. The number of anilines is 1. The first kappa shape index (κ1) is 10.4. The van der Waals surface area contributed by atoms with Crippen LogP contribution in [0.25, 0.3) is 0 Å². The predicted molar refractivity (Wildman–Crippen MR) is 41.5 cm³/mol. The SMILES string of the molecule is Cc1ncc(C(F)(F)F)nc1NC=O. The van der Waals surface area contributed by atoms with Crippen LogP contribution in [0.15, 0.2) is 6.20 Å². The molecule has 14 heavy (non-hydrogen) atoms. The van der Waals surface area contributed by atoms with E-state index in [-0.39, 0.29) is 17.9 Å². The van der Waals surface area contributed by atoms with Gasteiger partial charge in [0.2, 0.25) is 6.41 Å². The topological polar surface area (TPSA) is 54.9 Å². The first-order chi connectivity index (χ1) is 6.45. The molecule has 0 aliphatic rings. The van der Waals surface area contributed by atoms with Gasteiger partial charge in [-0.25, -0.2) is 4.98 Å². The van der Waals surface area contributed by atoms with Crippen molar-refractivity contribution in [1.29, 1.82) is 0 Å². The van der Waals surface area contributed by atoms with Gasteiger partial charge in [0.25, 0.3) is 0 Å². The third kappa shape index (κ3) is 2.18. The van der Waals surface area contributed by atoms with E-state index in [2.05, 4.69) is 9.97 Å². The lowest BCUT2D eigenvalue weighted by molar-refractivity contribution is -0.141. The fourth-order valence-electron chi connectivity index (χ4n) is 0.778. The van der Waals surface area contributed by atoms with Gasteiger partial charge < -0.3 is 5.32 Å². The van der Waals surface area contributed by atoms with Crippen molar-refractivity contribution in [3.05, 3.63) is 17.6 Å². The monoisotopic (exact) mass is 205 g/mol. The second kappa shape index (κ2) is 3.60. The number of nitrogens with zero attached hydrogens (tertiary/aromatic N) is 2. The molecular weight excluding hydrogens is 199 g/mol. The summed E-state index contributed by atoms with van der Waals surface area (Å²) in [4.78, 5) is 16.7. The molecule has 0 aromatic carbocycles. The zero-order chi connectivity index (χ0) is 10.8. The van der Waals surface area contributed by atoms with Crippen LogP contribution in [-0.2, 0) is 11.0 Å². The van der Waals surface area contributed by atoms with Gasteiger partial charge in [0.15, 0.2) is 11.5 Å². The summed E-state index contributed by atoms with van der Waals surface area (Å²) < 4.78 is 36.4. The molecule has 1 aromatic rings. The zero-order valence-electron chi connectivity index (χ0n) is 7.09. The quantitative estimate of drug-likeness (QED) is 0.742. The van der Waals surface area contributed by atoms with Crippen LogP contribution in [0, 0.1) is 6.92 Å². The number of hydrogen-bond acceptors (Lipinski definition) is 3. The number of carbonyl (C=O) groups is 1. The fraction of sp³-hybridized carbons (Fsp3) is 0.286. The highest BCUT2D eigenvalue weighted by molar-refractivity contribution is 5.69. The lowest BCUT2D eigenvalue weighted by Crippen LogP contribution is -2.12. The number of hydrogen-bond donors (Lipinski definition) is 1. The average molecular weight is 205 g/mol. The number of rotatable bonds is 2. The summed E-state index contributed by atoms with van der Waals surface area (Å²) in [6.07, 6.45) is -3.69. The van der Waals surface area contributed by atoms with Gasteiger partial charge in [-0.05, 0) is 6.92 Å². The first-order valence-corrected chi connectivity index (χ1v) is 3.56. The Labute approximate surface area is 77.2 Å². The van der Waals surface area contributed by atoms with Crippen LogP contribution in [0.4, 0.5) is 19.0 Å². The van der Waals surface area contributed by atoms with E-state index in [1.165, 1.54) is 6.92 Å². The van der Waals surface area contributed by atoms with Crippen LogP contribution in [0.5, 0.6) is 0 Å². The van der Waals surface area contributed by atoms with E-state index in [0.29, 0.717) is 6.20 Å². The van der Waals surface area contributed by atoms with E-state index >= 15 is 0 Å². The third-order valence-corrected chi connectivity index (χ3v) is 1.44. The Morgan fingerprint density at radius 1 is 1.50 bits per heavy atom. The molecule has 1 rings (SSSR count). The Bertz CT molecular complexity index is 351. The van der Waals surface area contributed by atoms with Gasteiger partial charge in [0, 0.05) is 0 Å². The highest BCUT2D eigenvalue weighted by atomic mass is 19.4. The van der Waals surface area contributed by atoms with Crippen LogP contribution in [-0.4, -0.2) is 16.4 Å². The van der Waals surface area contributed by atoms with Gasteiger partial charge in [-0.1, -0.05) is 0 Å². The zero-order valence-corrected chi connectivity index (χ0v) is 7.09. The van der Waals surface area contributed by atoms with Gasteiger partial charge in [-0.3, -0.25) is 9.78 Å². The molecule has 0 fully saturated rings. The van der Waals surface area contributed by atoms with Gasteiger partial charge in [0.1, 0.15) is 0 Å². The van der Waals surface area contributed by atoms with Crippen molar-refractivity contribution in [2.24, 2.45) is 0 Å². The van der Waals surface area contributed by atoms with E-state index < -0.39 is 11.9 Å². The van der Waals surface area contributed by atoms with Gasteiger partial charge in [-0.2, -0.15) is 13.2 Å². The lowest BCUT2D eigenvalue weighted by atomic mass is 10.4. The molecule has 1 amide bonds.